The number of pyridine rings is 1. The van der Waals surface area contributed by atoms with Crippen molar-refractivity contribution in [3.05, 3.63) is 47.6 Å². The van der Waals surface area contributed by atoms with Gasteiger partial charge in [0.2, 0.25) is 5.91 Å². The summed E-state index contributed by atoms with van der Waals surface area (Å²) in [6.45, 7) is 1.51. The molecule has 1 aliphatic rings. The number of nitrogens with zero attached hydrogens (tertiary/aromatic N) is 2. The fourth-order valence-corrected chi connectivity index (χ4v) is 2.31. The molecule has 21 heavy (non-hydrogen) atoms. The SMILES string of the molecule is O=C(CN1CCOc2ccccc21)Nc1ccc(Cl)cn1. The molecule has 1 aromatic carbocycles. The van der Waals surface area contributed by atoms with E-state index < -0.39 is 0 Å². The third-order valence-corrected chi connectivity index (χ3v) is 3.38. The van der Waals surface area contributed by atoms with Gasteiger partial charge in [0.25, 0.3) is 0 Å². The Bertz CT molecular complexity index is 646. The number of amides is 1. The van der Waals surface area contributed by atoms with Gasteiger partial charge in [0.15, 0.2) is 0 Å². The number of carbonyl (C=O) groups excluding carboxylic acids is 1. The molecule has 108 valence electrons. The smallest absolute Gasteiger partial charge is 0.245 e. The van der Waals surface area contributed by atoms with E-state index in [1.165, 1.54) is 6.20 Å². The van der Waals surface area contributed by atoms with Crippen LogP contribution in [0.15, 0.2) is 42.6 Å². The first kappa shape index (κ1) is 13.7. The third kappa shape index (κ3) is 3.25. The first-order valence-electron chi connectivity index (χ1n) is 6.60. The average molecular weight is 304 g/mol. The molecule has 3 rings (SSSR count). The van der Waals surface area contributed by atoms with Crippen molar-refractivity contribution in [2.75, 3.05) is 29.9 Å². The van der Waals surface area contributed by atoms with Gasteiger partial charge in [-0.05, 0) is 24.3 Å². The first-order valence-corrected chi connectivity index (χ1v) is 6.98. The lowest BCUT2D eigenvalue weighted by molar-refractivity contribution is -0.115. The molecule has 2 heterocycles. The van der Waals surface area contributed by atoms with E-state index >= 15 is 0 Å². The number of halogens is 1. The Hall–Kier alpha value is -2.27. The summed E-state index contributed by atoms with van der Waals surface area (Å²) in [5.74, 6) is 1.17. The van der Waals surface area contributed by atoms with Crippen molar-refractivity contribution < 1.29 is 9.53 Å². The molecule has 0 bridgehead atoms. The summed E-state index contributed by atoms with van der Waals surface area (Å²) < 4.78 is 5.57. The van der Waals surface area contributed by atoms with Gasteiger partial charge in [0.05, 0.1) is 23.8 Å². The van der Waals surface area contributed by atoms with E-state index in [1.807, 2.05) is 29.2 Å². The lowest BCUT2D eigenvalue weighted by atomic mass is 10.2. The molecule has 0 spiro atoms. The molecule has 2 aromatic rings. The largest absolute Gasteiger partial charge is 0.490 e. The van der Waals surface area contributed by atoms with E-state index in [0.29, 0.717) is 24.0 Å². The minimum absolute atomic E-state index is 0.124. The minimum Gasteiger partial charge on any atom is -0.490 e. The predicted molar refractivity (Wildman–Crippen MR) is 82.0 cm³/mol. The zero-order valence-electron chi connectivity index (χ0n) is 11.3. The third-order valence-electron chi connectivity index (χ3n) is 3.15. The van der Waals surface area contributed by atoms with E-state index in [0.717, 1.165) is 11.4 Å². The summed E-state index contributed by atoms with van der Waals surface area (Å²) in [7, 11) is 0. The molecule has 0 radical (unpaired) electrons. The number of anilines is 2. The summed E-state index contributed by atoms with van der Waals surface area (Å²) in [4.78, 5) is 18.1. The van der Waals surface area contributed by atoms with E-state index in [1.54, 1.807) is 12.1 Å². The van der Waals surface area contributed by atoms with Gasteiger partial charge in [-0.25, -0.2) is 4.98 Å². The van der Waals surface area contributed by atoms with E-state index in [2.05, 4.69) is 10.3 Å². The summed E-state index contributed by atoms with van der Waals surface area (Å²) in [6, 6.07) is 11.1. The van der Waals surface area contributed by atoms with Gasteiger partial charge in [0, 0.05) is 6.20 Å². The van der Waals surface area contributed by atoms with Gasteiger partial charge in [-0.1, -0.05) is 23.7 Å². The predicted octanol–water partition coefficient (Wildman–Crippen LogP) is 2.57. The second-order valence-electron chi connectivity index (χ2n) is 4.65. The Morgan fingerprint density at radius 1 is 1.33 bits per heavy atom. The van der Waals surface area contributed by atoms with E-state index in [-0.39, 0.29) is 12.5 Å². The lowest BCUT2D eigenvalue weighted by Crippen LogP contribution is -2.38. The standard InChI is InChI=1S/C15H14ClN3O2/c16-11-5-6-14(17-9-11)18-15(20)10-19-7-8-21-13-4-2-1-3-12(13)19/h1-6,9H,7-8,10H2,(H,17,18,20). The minimum atomic E-state index is -0.124. The van der Waals surface area contributed by atoms with Crippen molar-refractivity contribution in [2.45, 2.75) is 0 Å². The number of ether oxygens (including phenoxy) is 1. The van der Waals surface area contributed by atoms with Gasteiger partial charge in [0.1, 0.15) is 18.2 Å². The number of benzene rings is 1. The molecule has 6 heteroatoms. The molecule has 0 saturated heterocycles. The summed E-state index contributed by atoms with van der Waals surface area (Å²) >= 11 is 5.76. The fraction of sp³-hybridized carbons (Fsp3) is 0.200. The van der Waals surface area contributed by atoms with Crippen molar-refractivity contribution in [1.82, 2.24) is 4.98 Å². The van der Waals surface area contributed by atoms with Crippen molar-refractivity contribution >= 4 is 29.0 Å². The highest BCUT2D eigenvalue weighted by atomic mass is 35.5. The van der Waals surface area contributed by atoms with E-state index in [4.69, 9.17) is 16.3 Å². The molecule has 0 fully saturated rings. The van der Waals surface area contributed by atoms with Crippen molar-refractivity contribution in [1.29, 1.82) is 0 Å². The summed E-state index contributed by atoms with van der Waals surface area (Å²) in [6.07, 6.45) is 1.50. The topological polar surface area (TPSA) is 54.5 Å². The fourth-order valence-electron chi connectivity index (χ4n) is 2.20. The number of nitrogens with one attached hydrogen (secondary N) is 1. The van der Waals surface area contributed by atoms with Crippen LogP contribution in [0.25, 0.3) is 0 Å². The van der Waals surface area contributed by atoms with Crippen LogP contribution in [0.1, 0.15) is 0 Å². The summed E-state index contributed by atoms with van der Waals surface area (Å²) in [5.41, 5.74) is 0.933. The number of para-hydroxylation sites is 2. The van der Waals surface area contributed by atoms with Gasteiger partial charge in [-0.3, -0.25) is 4.79 Å². The van der Waals surface area contributed by atoms with Crippen LogP contribution in [0.2, 0.25) is 5.02 Å². The van der Waals surface area contributed by atoms with E-state index in [9.17, 15) is 4.79 Å². The first-order chi connectivity index (χ1) is 10.2. The quantitative estimate of drug-likeness (QED) is 0.947. The Labute approximate surface area is 127 Å². The maximum atomic E-state index is 12.1. The van der Waals surface area contributed by atoms with Crippen LogP contribution < -0.4 is 15.0 Å². The van der Waals surface area contributed by atoms with Crippen LogP contribution in [0.4, 0.5) is 11.5 Å². The molecule has 0 unspecified atom stereocenters. The zero-order valence-corrected chi connectivity index (χ0v) is 12.0. The molecule has 5 nitrogen and oxygen atoms in total. The summed E-state index contributed by atoms with van der Waals surface area (Å²) in [5, 5.41) is 3.29. The Morgan fingerprint density at radius 2 is 2.19 bits per heavy atom. The maximum absolute atomic E-state index is 12.1. The number of hydrogen-bond acceptors (Lipinski definition) is 4. The number of rotatable bonds is 3. The van der Waals surface area contributed by atoms with Crippen molar-refractivity contribution in [3.63, 3.8) is 0 Å². The number of fused-ring (bicyclic) bond motifs is 1. The van der Waals surface area contributed by atoms with Crippen LogP contribution in [-0.2, 0) is 4.79 Å². The molecular weight excluding hydrogens is 290 g/mol. The Kier molecular flexibility index (Phi) is 3.92. The lowest BCUT2D eigenvalue weighted by Gasteiger charge is -2.30. The number of aromatic nitrogens is 1. The molecule has 1 N–H and O–H groups in total. The van der Waals surface area contributed by atoms with Gasteiger partial charge >= 0.3 is 0 Å². The molecule has 1 amide bonds. The molecule has 0 saturated carbocycles. The number of carbonyl (C=O) groups is 1. The van der Waals surface area contributed by atoms with Crippen LogP contribution in [0.3, 0.4) is 0 Å². The van der Waals surface area contributed by atoms with Crippen molar-refractivity contribution in [3.8, 4) is 5.75 Å². The normalized spacial score (nSPS) is 13.3. The molecule has 1 aliphatic heterocycles. The van der Waals surface area contributed by atoms with Crippen LogP contribution >= 0.6 is 11.6 Å². The highest BCUT2D eigenvalue weighted by Gasteiger charge is 2.19. The van der Waals surface area contributed by atoms with Gasteiger partial charge in [-0.15, -0.1) is 0 Å². The molecule has 0 aliphatic carbocycles. The van der Waals surface area contributed by atoms with Gasteiger partial charge < -0.3 is 15.0 Å². The molecule has 0 atom stereocenters. The second-order valence-corrected chi connectivity index (χ2v) is 5.08. The Morgan fingerprint density at radius 3 is 3.00 bits per heavy atom. The molecule has 1 aromatic heterocycles. The molecular formula is C15H14ClN3O2. The van der Waals surface area contributed by atoms with Crippen LogP contribution in [0, 0.1) is 0 Å². The van der Waals surface area contributed by atoms with Crippen LogP contribution in [0.5, 0.6) is 5.75 Å². The maximum Gasteiger partial charge on any atom is 0.245 e. The van der Waals surface area contributed by atoms with Crippen molar-refractivity contribution in [2.24, 2.45) is 0 Å². The second kappa shape index (κ2) is 6.01. The average Bonchev–Trinajstić information content (AvgIpc) is 2.50. The zero-order chi connectivity index (χ0) is 14.7. The highest BCUT2D eigenvalue weighted by molar-refractivity contribution is 6.30. The Balaban J connectivity index is 1.67. The number of hydrogen-bond donors (Lipinski definition) is 1. The highest BCUT2D eigenvalue weighted by Crippen LogP contribution is 2.30. The monoisotopic (exact) mass is 303 g/mol. The van der Waals surface area contributed by atoms with Gasteiger partial charge in [-0.2, -0.15) is 0 Å². The van der Waals surface area contributed by atoms with Crippen LogP contribution in [-0.4, -0.2) is 30.6 Å².